The first-order valence-electron chi connectivity index (χ1n) is 3.21. The van der Waals surface area contributed by atoms with Gasteiger partial charge in [-0.2, -0.15) is 0 Å². The summed E-state index contributed by atoms with van der Waals surface area (Å²) in [5.41, 5.74) is 0. The highest BCUT2D eigenvalue weighted by molar-refractivity contribution is 7.89. The lowest BCUT2D eigenvalue weighted by Crippen LogP contribution is -2.16. The maximum absolute atomic E-state index is 11.3. The summed E-state index contributed by atoms with van der Waals surface area (Å²) in [5.74, 6) is 0. The maximum Gasteiger partial charge on any atom is 0.242 e. The number of halogens is 2. The molecule has 71 valence electrons. The number of sulfonamides is 1. The molecule has 0 aliphatic carbocycles. The van der Waals surface area contributed by atoms with Gasteiger partial charge < -0.3 is 0 Å². The molecule has 0 spiro atoms. The molecular weight excluding hydrogens is 233 g/mol. The molecule has 0 bridgehead atoms. The predicted octanol–water partition coefficient (Wildman–Crippen LogP) is 2.06. The van der Waals surface area contributed by atoms with Crippen molar-refractivity contribution in [2.24, 2.45) is 0 Å². The highest BCUT2D eigenvalue weighted by Crippen LogP contribution is 2.24. The van der Waals surface area contributed by atoms with Crippen molar-refractivity contribution in [3.8, 4) is 0 Å². The van der Waals surface area contributed by atoms with E-state index in [2.05, 4.69) is 7.05 Å². The zero-order valence-corrected chi connectivity index (χ0v) is 8.75. The van der Waals surface area contributed by atoms with Gasteiger partial charge in [0.15, 0.2) is 0 Å². The first kappa shape index (κ1) is 10.8. The monoisotopic (exact) mass is 238 g/mol. The summed E-state index contributed by atoms with van der Waals surface area (Å²) in [4.78, 5) is -0.0725. The molecule has 0 aromatic heterocycles. The molecule has 0 saturated carbocycles. The van der Waals surface area contributed by atoms with Crippen LogP contribution in [0.4, 0.5) is 0 Å². The van der Waals surface area contributed by atoms with E-state index in [1.807, 2.05) is 4.72 Å². The van der Waals surface area contributed by atoms with Crippen LogP contribution < -0.4 is 4.72 Å². The van der Waals surface area contributed by atoms with E-state index >= 15 is 0 Å². The summed E-state index contributed by atoms with van der Waals surface area (Å²) < 4.78 is 24.4. The Labute approximate surface area is 86.7 Å². The fourth-order valence-electron chi connectivity index (χ4n) is 0.761. The van der Waals surface area contributed by atoms with Gasteiger partial charge in [-0.1, -0.05) is 23.2 Å². The molecule has 0 fully saturated rings. The number of benzene rings is 1. The van der Waals surface area contributed by atoms with Gasteiger partial charge >= 0.3 is 0 Å². The lowest BCUT2D eigenvalue weighted by atomic mass is 10.4. The molecule has 1 aromatic carbocycles. The van der Waals surface area contributed by atoms with Crippen molar-refractivity contribution in [2.75, 3.05) is 0 Å². The van der Waals surface area contributed by atoms with E-state index in [1.165, 1.54) is 18.2 Å². The van der Waals surface area contributed by atoms with Crippen LogP contribution in [0, 0.1) is 7.05 Å². The molecule has 0 saturated heterocycles. The van der Waals surface area contributed by atoms with E-state index in [0.717, 1.165) is 0 Å². The Kier molecular flexibility index (Phi) is 3.18. The van der Waals surface area contributed by atoms with Gasteiger partial charge in [0, 0.05) is 12.1 Å². The highest BCUT2D eigenvalue weighted by Gasteiger charge is 2.15. The number of hydrogen-bond acceptors (Lipinski definition) is 2. The third kappa shape index (κ3) is 2.34. The standard InChI is InChI=1S/C7H6Cl2NO2S/c1-10-13(11,12)7-4-5(8)2-3-6(7)9/h2-4,10H,1H2. The van der Waals surface area contributed by atoms with E-state index in [-0.39, 0.29) is 9.92 Å². The molecule has 6 heteroatoms. The summed E-state index contributed by atoms with van der Waals surface area (Å²) in [6, 6.07) is 4.18. The lowest BCUT2D eigenvalue weighted by molar-refractivity contribution is 0.590. The van der Waals surface area contributed by atoms with E-state index < -0.39 is 10.0 Å². The Morgan fingerprint density at radius 2 is 1.92 bits per heavy atom. The second kappa shape index (κ2) is 3.84. The van der Waals surface area contributed by atoms with Crippen molar-refractivity contribution in [1.29, 1.82) is 0 Å². The molecular formula is C7H6Cl2NO2S. The number of hydrogen-bond donors (Lipinski definition) is 1. The van der Waals surface area contributed by atoms with Crippen LogP contribution in [0.1, 0.15) is 0 Å². The van der Waals surface area contributed by atoms with Crippen molar-refractivity contribution in [1.82, 2.24) is 4.72 Å². The SMILES string of the molecule is [CH2]NS(=O)(=O)c1cc(Cl)ccc1Cl. The molecule has 0 amide bonds. The van der Waals surface area contributed by atoms with Gasteiger partial charge in [0.1, 0.15) is 4.90 Å². The van der Waals surface area contributed by atoms with Gasteiger partial charge in [0.05, 0.1) is 5.02 Å². The van der Waals surface area contributed by atoms with Crippen LogP contribution in [-0.2, 0) is 10.0 Å². The van der Waals surface area contributed by atoms with E-state index in [0.29, 0.717) is 5.02 Å². The zero-order valence-electron chi connectivity index (χ0n) is 6.42. The average Bonchev–Trinajstić information content (AvgIpc) is 2.09. The fourth-order valence-corrected chi connectivity index (χ4v) is 2.18. The molecule has 0 unspecified atom stereocenters. The van der Waals surface area contributed by atoms with Crippen LogP contribution in [0.2, 0.25) is 10.0 Å². The third-order valence-corrected chi connectivity index (χ3v) is 3.35. The topological polar surface area (TPSA) is 46.2 Å². The summed E-state index contributed by atoms with van der Waals surface area (Å²) in [6.45, 7) is 0. The fraction of sp³-hybridized carbons (Fsp3) is 0. The van der Waals surface area contributed by atoms with Gasteiger partial charge in [0.2, 0.25) is 10.0 Å². The zero-order chi connectivity index (χ0) is 10.1. The van der Waals surface area contributed by atoms with Crippen molar-refractivity contribution >= 4 is 33.2 Å². The van der Waals surface area contributed by atoms with E-state index in [9.17, 15) is 8.42 Å². The van der Waals surface area contributed by atoms with Crippen LogP contribution in [0.3, 0.4) is 0 Å². The van der Waals surface area contributed by atoms with Crippen LogP contribution in [-0.4, -0.2) is 8.42 Å². The molecule has 1 radical (unpaired) electrons. The van der Waals surface area contributed by atoms with Crippen LogP contribution in [0.15, 0.2) is 23.1 Å². The molecule has 1 N–H and O–H groups in total. The van der Waals surface area contributed by atoms with Crippen molar-refractivity contribution in [3.05, 3.63) is 35.3 Å². The Morgan fingerprint density at radius 1 is 1.31 bits per heavy atom. The smallest absolute Gasteiger partial charge is 0.210 e. The Balaban J connectivity index is 3.38. The van der Waals surface area contributed by atoms with Crippen molar-refractivity contribution < 1.29 is 8.42 Å². The third-order valence-electron chi connectivity index (χ3n) is 1.37. The molecule has 0 atom stereocenters. The van der Waals surface area contributed by atoms with Gasteiger partial charge in [-0.3, -0.25) is 0 Å². The average molecular weight is 239 g/mol. The second-order valence-electron chi connectivity index (χ2n) is 2.22. The summed E-state index contributed by atoms with van der Waals surface area (Å²) in [5, 5.41) is 0.416. The molecule has 1 aromatic rings. The quantitative estimate of drug-likeness (QED) is 0.858. The first-order valence-corrected chi connectivity index (χ1v) is 5.45. The van der Waals surface area contributed by atoms with Gasteiger partial charge in [-0.05, 0) is 18.2 Å². The molecule has 13 heavy (non-hydrogen) atoms. The minimum Gasteiger partial charge on any atom is -0.210 e. The molecule has 1 rings (SSSR count). The predicted molar refractivity (Wildman–Crippen MR) is 52.1 cm³/mol. The van der Waals surface area contributed by atoms with Crippen LogP contribution in [0.5, 0.6) is 0 Å². The summed E-state index contributed by atoms with van der Waals surface area (Å²) in [6.07, 6.45) is 0. The van der Waals surface area contributed by atoms with E-state index in [1.54, 1.807) is 0 Å². The number of rotatable bonds is 2. The Bertz CT molecular complexity index is 417. The Morgan fingerprint density at radius 3 is 2.46 bits per heavy atom. The molecule has 0 aliphatic rings. The minimum atomic E-state index is -3.63. The van der Waals surface area contributed by atoms with Gasteiger partial charge in [-0.15, -0.1) is 0 Å². The molecule has 0 heterocycles. The van der Waals surface area contributed by atoms with Gasteiger partial charge in [-0.25, -0.2) is 13.1 Å². The minimum absolute atomic E-state index is 0.0725. The van der Waals surface area contributed by atoms with Crippen molar-refractivity contribution in [2.45, 2.75) is 4.90 Å². The normalized spacial score (nSPS) is 11.6. The molecule has 0 aliphatic heterocycles. The van der Waals surface area contributed by atoms with Gasteiger partial charge in [0.25, 0.3) is 0 Å². The largest absolute Gasteiger partial charge is 0.242 e. The lowest BCUT2D eigenvalue weighted by Gasteiger charge is -2.04. The second-order valence-corrected chi connectivity index (χ2v) is 4.80. The Hall–Kier alpha value is -0.290. The van der Waals surface area contributed by atoms with E-state index in [4.69, 9.17) is 23.2 Å². The maximum atomic E-state index is 11.3. The molecule has 3 nitrogen and oxygen atoms in total. The van der Waals surface area contributed by atoms with Crippen LogP contribution in [0.25, 0.3) is 0 Å². The van der Waals surface area contributed by atoms with Crippen molar-refractivity contribution in [3.63, 3.8) is 0 Å². The van der Waals surface area contributed by atoms with Crippen LogP contribution >= 0.6 is 23.2 Å². The summed E-state index contributed by atoms with van der Waals surface area (Å²) >= 11 is 11.3. The highest BCUT2D eigenvalue weighted by atomic mass is 35.5. The first-order chi connectivity index (χ1) is 5.97. The summed E-state index contributed by atoms with van der Waals surface area (Å²) in [7, 11) is -0.564. The number of nitrogens with one attached hydrogen (secondary N) is 1.